The summed E-state index contributed by atoms with van der Waals surface area (Å²) in [6.07, 6.45) is 0.643. The van der Waals surface area contributed by atoms with E-state index in [1.807, 2.05) is 6.92 Å². The summed E-state index contributed by atoms with van der Waals surface area (Å²) in [5, 5.41) is -0.281. The van der Waals surface area contributed by atoms with Gasteiger partial charge in [-0.25, -0.2) is 10.2 Å². The number of carbonyl (C=O) groups is 1. The van der Waals surface area contributed by atoms with Gasteiger partial charge in [0.15, 0.2) is 0 Å². The molecule has 1 aromatic rings. The molecular formula is C10H13FN2OS. The van der Waals surface area contributed by atoms with Crippen LogP contribution in [-0.2, 0) is 4.79 Å². The van der Waals surface area contributed by atoms with E-state index < -0.39 is 0 Å². The van der Waals surface area contributed by atoms with Crippen molar-refractivity contribution >= 4 is 17.7 Å². The number of carbonyl (C=O) groups excluding carboxylic acids is 1. The van der Waals surface area contributed by atoms with Gasteiger partial charge in [0.1, 0.15) is 5.82 Å². The number of hydrazine groups is 1. The van der Waals surface area contributed by atoms with E-state index in [4.69, 9.17) is 5.84 Å². The van der Waals surface area contributed by atoms with Crippen molar-refractivity contribution < 1.29 is 9.18 Å². The Hall–Kier alpha value is -1.07. The zero-order chi connectivity index (χ0) is 11.3. The fraction of sp³-hybridized carbons (Fsp3) is 0.300. The van der Waals surface area contributed by atoms with Crippen molar-refractivity contribution in [2.45, 2.75) is 23.5 Å². The first-order valence-corrected chi connectivity index (χ1v) is 5.48. The summed E-state index contributed by atoms with van der Waals surface area (Å²) in [6, 6.07) is 6.15. The minimum absolute atomic E-state index is 0.244. The van der Waals surface area contributed by atoms with E-state index in [0.29, 0.717) is 6.42 Å². The molecular weight excluding hydrogens is 215 g/mol. The highest BCUT2D eigenvalue weighted by atomic mass is 32.2. The van der Waals surface area contributed by atoms with E-state index in [1.54, 1.807) is 12.1 Å². The Labute approximate surface area is 92.2 Å². The second-order valence-corrected chi connectivity index (χ2v) is 4.26. The summed E-state index contributed by atoms with van der Waals surface area (Å²) in [5.74, 6) is 4.50. The van der Waals surface area contributed by atoms with Crippen molar-refractivity contribution in [1.29, 1.82) is 0 Å². The van der Waals surface area contributed by atoms with Crippen LogP contribution in [0.4, 0.5) is 4.39 Å². The van der Waals surface area contributed by atoms with Crippen molar-refractivity contribution in [2.24, 2.45) is 5.84 Å². The fourth-order valence-electron chi connectivity index (χ4n) is 1.12. The van der Waals surface area contributed by atoms with Crippen molar-refractivity contribution in [3.8, 4) is 0 Å². The molecule has 1 unspecified atom stereocenters. The SMILES string of the molecule is CCC(Sc1cccc(F)c1)C(=O)NN. The third-order valence-electron chi connectivity index (χ3n) is 1.88. The predicted molar refractivity (Wildman–Crippen MR) is 58.7 cm³/mol. The minimum atomic E-state index is -0.303. The molecule has 1 rings (SSSR count). The van der Waals surface area contributed by atoms with Crippen molar-refractivity contribution in [2.75, 3.05) is 0 Å². The first kappa shape index (κ1) is 12.0. The highest BCUT2D eigenvalue weighted by Gasteiger charge is 2.16. The lowest BCUT2D eigenvalue weighted by Gasteiger charge is -2.12. The average molecular weight is 228 g/mol. The lowest BCUT2D eigenvalue weighted by Crippen LogP contribution is -2.37. The molecule has 0 heterocycles. The van der Waals surface area contributed by atoms with Gasteiger partial charge in [0.25, 0.3) is 0 Å². The number of amides is 1. The number of halogens is 1. The molecule has 0 spiro atoms. The molecule has 0 aliphatic rings. The second kappa shape index (κ2) is 5.72. The van der Waals surface area contributed by atoms with Crippen LogP contribution < -0.4 is 11.3 Å². The normalized spacial score (nSPS) is 12.2. The number of hydrogen-bond acceptors (Lipinski definition) is 3. The highest BCUT2D eigenvalue weighted by molar-refractivity contribution is 8.00. The Balaban J connectivity index is 2.70. The molecule has 5 heteroatoms. The standard InChI is InChI=1S/C10H13FN2OS/c1-2-9(10(14)13-12)15-8-5-3-4-7(11)6-8/h3-6,9H,2,12H2,1H3,(H,13,14). The maximum Gasteiger partial charge on any atom is 0.247 e. The molecule has 0 radical (unpaired) electrons. The molecule has 0 saturated heterocycles. The Morgan fingerprint density at radius 3 is 2.93 bits per heavy atom. The minimum Gasteiger partial charge on any atom is -0.293 e. The smallest absolute Gasteiger partial charge is 0.247 e. The molecule has 0 saturated carbocycles. The van der Waals surface area contributed by atoms with Crippen LogP contribution in [-0.4, -0.2) is 11.2 Å². The van der Waals surface area contributed by atoms with Crippen LogP contribution in [0.15, 0.2) is 29.2 Å². The number of hydrogen-bond donors (Lipinski definition) is 2. The maximum atomic E-state index is 12.9. The molecule has 15 heavy (non-hydrogen) atoms. The molecule has 1 amide bonds. The summed E-state index contributed by atoms with van der Waals surface area (Å²) in [6.45, 7) is 1.88. The van der Waals surface area contributed by atoms with Crippen molar-refractivity contribution in [1.82, 2.24) is 5.43 Å². The molecule has 0 bridgehead atoms. The quantitative estimate of drug-likeness (QED) is 0.357. The Morgan fingerprint density at radius 1 is 1.67 bits per heavy atom. The Kier molecular flexibility index (Phi) is 4.58. The van der Waals surface area contributed by atoms with Crippen LogP contribution in [0.5, 0.6) is 0 Å². The monoisotopic (exact) mass is 228 g/mol. The lowest BCUT2D eigenvalue weighted by atomic mass is 10.3. The second-order valence-electron chi connectivity index (χ2n) is 2.98. The maximum absolute atomic E-state index is 12.9. The van der Waals surface area contributed by atoms with Crippen molar-refractivity contribution in [3.05, 3.63) is 30.1 Å². The van der Waals surface area contributed by atoms with Crippen molar-refractivity contribution in [3.63, 3.8) is 0 Å². The number of nitrogens with one attached hydrogen (secondary N) is 1. The van der Waals surface area contributed by atoms with E-state index in [0.717, 1.165) is 4.90 Å². The Bertz CT molecular complexity index is 346. The van der Waals surface area contributed by atoms with Gasteiger partial charge in [0.05, 0.1) is 5.25 Å². The predicted octanol–water partition coefficient (Wildman–Crippen LogP) is 1.69. The summed E-state index contributed by atoms with van der Waals surface area (Å²) in [7, 11) is 0. The molecule has 1 aromatic carbocycles. The van der Waals surface area contributed by atoms with Gasteiger partial charge < -0.3 is 0 Å². The van der Waals surface area contributed by atoms with Gasteiger partial charge >= 0.3 is 0 Å². The molecule has 0 fully saturated rings. The molecule has 3 nitrogen and oxygen atoms in total. The van der Waals surface area contributed by atoms with Gasteiger partial charge in [-0.15, -0.1) is 11.8 Å². The van der Waals surface area contributed by atoms with E-state index in [9.17, 15) is 9.18 Å². The van der Waals surface area contributed by atoms with Gasteiger partial charge in [-0.2, -0.15) is 0 Å². The van der Waals surface area contributed by atoms with E-state index in [-0.39, 0.29) is 17.0 Å². The van der Waals surface area contributed by atoms with Gasteiger partial charge in [0.2, 0.25) is 5.91 Å². The summed E-state index contributed by atoms with van der Waals surface area (Å²) >= 11 is 1.30. The first-order chi connectivity index (χ1) is 7.17. The molecule has 1 atom stereocenters. The summed E-state index contributed by atoms with van der Waals surface area (Å²) in [4.78, 5) is 12.0. The zero-order valence-corrected chi connectivity index (χ0v) is 9.18. The van der Waals surface area contributed by atoms with Gasteiger partial charge in [-0.05, 0) is 24.6 Å². The zero-order valence-electron chi connectivity index (χ0n) is 8.37. The molecule has 82 valence electrons. The van der Waals surface area contributed by atoms with Gasteiger partial charge in [-0.1, -0.05) is 13.0 Å². The van der Waals surface area contributed by atoms with Crippen LogP contribution in [0.25, 0.3) is 0 Å². The molecule has 0 aliphatic carbocycles. The summed E-state index contributed by atoms with van der Waals surface area (Å²) in [5.41, 5.74) is 2.10. The first-order valence-electron chi connectivity index (χ1n) is 4.60. The number of rotatable bonds is 4. The number of benzene rings is 1. The molecule has 3 N–H and O–H groups in total. The number of thioether (sulfide) groups is 1. The van der Waals surface area contributed by atoms with Gasteiger partial charge in [0, 0.05) is 4.90 Å². The average Bonchev–Trinajstić information content (AvgIpc) is 2.25. The van der Waals surface area contributed by atoms with E-state index >= 15 is 0 Å². The topological polar surface area (TPSA) is 55.1 Å². The largest absolute Gasteiger partial charge is 0.293 e. The Morgan fingerprint density at radius 2 is 2.40 bits per heavy atom. The van der Waals surface area contributed by atoms with Crippen LogP contribution >= 0.6 is 11.8 Å². The third kappa shape index (κ3) is 3.53. The van der Waals surface area contributed by atoms with Gasteiger partial charge in [-0.3, -0.25) is 10.2 Å². The van der Waals surface area contributed by atoms with Crippen LogP contribution in [0.1, 0.15) is 13.3 Å². The molecule has 0 aliphatic heterocycles. The fourth-order valence-corrected chi connectivity index (χ4v) is 2.13. The van der Waals surface area contributed by atoms with E-state index in [1.165, 1.54) is 23.9 Å². The van der Waals surface area contributed by atoms with Crippen LogP contribution in [0.2, 0.25) is 0 Å². The van der Waals surface area contributed by atoms with E-state index in [2.05, 4.69) is 5.43 Å². The summed E-state index contributed by atoms with van der Waals surface area (Å²) < 4.78 is 12.9. The van der Waals surface area contributed by atoms with Crippen LogP contribution in [0.3, 0.4) is 0 Å². The number of nitrogens with two attached hydrogens (primary N) is 1. The lowest BCUT2D eigenvalue weighted by molar-refractivity contribution is -0.120. The molecule has 0 aromatic heterocycles. The van der Waals surface area contributed by atoms with Crippen LogP contribution in [0, 0.1) is 5.82 Å². The third-order valence-corrected chi connectivity index (χ3v) is 3.24. The highest BCUT2D eigenvalue weighted by Crippen LogP contribution is 2.25.